The summed E-state index contributed by atoms with van der Waals surface area (Å²) >= 11 is 3.46. The van der Waals surface area contributed by atoms with Crippen LogP contribution in [0.1, 0.15) is 10.4 Å². The Labute approximate surface area is 165 Å². The summed E-state index contributed by atoms with van der Waals surface area (Å²) in [5.41, 5.74) is 7.26. The lowest BCUT2D eigenvalue weighted by Crippen LogP contribution is -2.43. The lowest BCUT2D eigenvalue weighted by Gasteiger charge is -2.11. The van der Waals surface area contributed by atoms with Crippen LogP contribution in [-0.2, 0) is 4.79 Å². The van der Waals surface area contributed by atoms with Gasteiger partial charge >= 0.3 is 0 Å². The Morgan fingerprint density at radius 3 is 2.15 bits per heavy atom. The van der Waals surface area contributed by atoms with Gasteiger partial charge in [-0.15, -0.1) is 0 Å². The normalized spacial score (nSPS) is 10.1. The number of carbonyl (C=O) groups is 2. The second kappa shape index (κ2) is 9.00. The molecule has 2 amide bonds. The molecule has 0 saturated heterocycles. The topological polar surface area (TPSA) is 67.4 Å². The van der Waals surface area contributed by atoms with Crippen molar-refractivity contribution < 1.29 is 14.3 Å². The van der Waals surface area contributed by atoms with Crippen molar-refractivity contribution in [3.05, 3.63) is 88.9 Å². The molecule has 0 aliphatic rings. The molecule has 27 heavy (non-hydrogen) atoms. The van der Waals surface area contributed by atoms with E-state index in [-0.39, 0.29) is 6.61 Å². The predicted molar refractivity (Wildman–Crippen MR) is 107 cm³/mol. The summed E-state index contributed by atoms with van der Waals surface area (Å²) in [6.07, 6.45) is 0. The Morgan fingerprint density at radius 2 is 1.48 bits per heavy atom. The van der Waals surface area contributed by atoms with Crippen molar-refractivity contribution in [3.8, 4) is 16.9 Å². The molecule has 136 valence electrons. The van der Waals surface area contributed by atoms with E-state index in [1.165, 1.54) is 0 Å². The zero-order chi connectivity index (χ0) is 19.1. The smallest absolute Gasteiger partial charge is 0.276 e. The predicted octanol–water partition coefficient (Wildman–Crippen LogP) is 3.96. The van der Waals surface area contributed by atoms with Crippen molar-refractivity contribution in [3.63, 3.8) is 0 Å². The molecule has 3 aromatic rings. The van der Waals surface area contributed by atoms with Gasteiger partial charge in [0.05, 0.1) is 4.47 Å². The van der Waals surface area contributed by atoms with Crippen molar-refractivity contribution in [2.45, 2.75) is 0 Å². The van der Waals surface area contributed by atoms with E-state index in [9.17, 15) is 9.59 Å². The van der Waals surface area contributed by atoms with Gasteiger partial charge in [-0.25, -0.2) is 0 Å². The fourth-order valence-corrected chi connectivity index (χ4v) is 2.89. The molecule has 0 bridgehead atoms. The van der Waals surface area contributed by atoms with E-state index in [2.05, 4.69) is 26.8 Å². The van der Waals surface area contributed by atoms with Crippen LogP contribution in [0.4, 0.5) is 0 Å². The van der Waals surface area contributed by atoms with Gasteiger partial charge in [-0.1, -0.05) is 54.6 Å². The highest BCUT2D eigenvalue weighted by Crippen LogP contribution is 2.30. The third-order valence-electron chi connectivity index (χ3n) is 3.75. The van der Waals surface area contributed by atoms with Crippen molar-refractivity contribution in [1.29, 1.82) is 0 Å². The van der Waals surface area contributed by atoms with Gasteiger partial charge in [-0.05, 0) is 51.3 Å². The van der Waals surface area contributed by atoms with Gasteiger partial charge in [0.15, 0.2) is 6.61 Å². The van der Waals surface area contributed by atoms with E-state index in [0.717, 1.165) is 15.6 Å². The summed E-state index contributed by atoms with van der Waals surface area (Å²) in [5, 5.41) is 0. The monoisotopic (exact) mass is 424 g/mol. The molecule has 0 radical (unpaired) electrons. The Morgan fingerprint density at radius 1 is 0.815 bits per heavy atom. The number of halogens is 1. The van der Waals surface area contributed by atoms with Crippen LogP contribution in [0.2, 0.25) is 0 Å². The number of amides is 2. The summed E-state index contributed by atoms with van der Waals surface area (Å²) in [7, 11) is 0. The van der Waals surface area contributed by atoms with Crippen molar-refractivity contribution in [2.75, 3.05) is 6.61 Å². The van der Waals surface area contributed by atoms with Gasteiger partial charge in [-0.2, -0.15) is 0 Å². The first-order valence-electron chi connectivity index (χ1n) is 8.25. The fraction of sp³-hybridized carbons (Fsp3) is 0.0476. The number of hydrazine groups is 1. The van der Waals surface area contributed by atoms with Crippen molar-refractivity contribution in [2.24, 2.45) is 0 Å². The number of ether oxygens (including phenoxy) is 1. The molecule has 2 N–H and O–H groups in total. The van der Waals surface area contributed by atoms with E-state index < -0.39 is 11.8 Å². The molecular weight excluding hydrogens is 408 g/mol. The van der Waals surface area contributed by atoms with E-state index in [4.69, 9.17) is 4.74 Å². The van der Waals surface area contributed by atoms with Gasteiger partial charge < -0.3 is 4.74 Å². The van der Waals surface area contributed by atoms with Gasteiger partial charge in [0.25, 0.3) is 11.8 Å². The second-order valence-corrected chi connectivity index (χ2v) is 6.52. The quantitative estimate of drug-likeness (QED) is 0.609. The average Bonchev–Trinajstić information content (AvgIpc) is 2.72. The molecule has 5 nitrogen and oxygen atoms in total. The van der Waals surface area contributed by atoms with E-state index in [1.807, 2.05) is 48.5 Å². The molecule has 3 rings (SSSR count). The summed E-state index contributed by atoms with van der Waals surface area (Å²) in [4.78, 5) is 23.8. The molecule has 0 saturated carbocycles. The van der Waals surface area contributed by atoms with Gasteiger partial charge in [0, 0.05) is 5.56 Å². The lowest BCUT2D eigenvalue weighted by molar-refractivity contribution is -0.123. The van der Waals surface area contributed by atoms with Crippen LogP contribution in [-0.4, -0.2) is 18.4 Å². The van der Waals surface area contributed by atoms with Crippen LogP contribution in [0.3, 0.4) is 0 Å². The maximum Gasteiger partial charge on any atom is 0.276 e. The number of benzene rings is 3. The standard InChI is InChI=1S/C21H17BrN2O3/c22-18-13-17(15-7-3-1-4-8-15)11-12-19(18)27-14-20(25)23-24-21(26)16-9-5-2-6-10-16/h1-13H,14H2,(H,23,25)(H,24,26). The minimum atomic E-state index is -0.460. The molecule has 0 unspecified atom stereocenters. The Kier molecular flexibility index (Phi) is 6.22. The number of rotatable bonds is 5. The molecule has 0 heterocycles. The highest BCUT2D eigenvalue weighted by Gasteiger charge is 2.09. The fourth-order valence-electron chi connectivity index (χ4n) is 2.40. The summed E-state index contributed by atoms with van der Waals surface area (Å²) in [6, 6.07) is 24.2. The highest BCUT2D eigenvalue weighted by atomic mass is 79.9. The maximum absolute atomic E-state index is 11.9. The summed E-state index contributed by atoms with van der Waals surface area (Å²) in [6.45, 7) is -0.224. The van der Waals surface area contributed by atoms with Gasteiger partial charge in [0.2, 0.25) is 0 Å². The molecule has 0 spiro atoms. The van der Waals surface area contributed by atoms with Crippen molar-refractivity contribution >= 4 is 27.7 Å². The van der Waals surface area contributed by atoms with Crippen molar-refractivity contribution in [1.82, 2.24) is 10.9 Å². The molecule has 0 atom stereocenters. The number of nitrogens with one attached hydrogen (secondary N) is 2. The largest absolute Gasteiger partial charge is 0.483 e. The molecular formula is C21H17BrN2O3. The van der Waals surface area contributed by atoms with Gasteiger partial charge in [0.1, 0.15) is 5.75 Å². The summed E-state index contributed by atoms with van der Waals surface area (Å²) in [5.74, 6) is -0.310. The van der Waals surface area contributed by atoms with Crippen LogP contribution < -0.4 is 15.6 Å². The van der Waals surface area contributed by atoms with E-state index in [0.29, 0.717) is 11.3 Å². The molecule has 3 aromatic carbocycles. The Balaban J connectivity index is 1.52. The lowest BCUT2D eigenvalue weighted by atomic mass is 10.1. The minimum Gasteiger partial charge on any atom is -0.483 e. The maximum atomic E-state index is 11.9. The zero-order valence-corrected chi connectivity index (χ0v) is 15.9. The van der Waals surface area contributed by atoms with Crippen LogP contribution in [0.25, 0.3) is 11.1 Å². The number of hydrogen-bond acceptors (Lipinski definition) is 3. The third kappa shape index (κ3) is 5.18. The zero-order valence-electron chi connectivity index (χ0n) is 14.3. The third-order valence-corrected chi connectivity index (χ3v) is 4.37. The van der Waals surface area contributed by atoms with E-state index >= 15 is 0 Å². The first kappa shape index (κ1) is 18.7. The minimum absolute atomic E-state index is 0.224. The number of hydrogen-bond donors (Lipinski definition) is 2. The van der Waals surface area contributed by atoms with Gasteiger partial charge in [-0.3, -0.25) is 20.4 Å². The molecule has 0 fully saturated rings. The number of carbonyl (C=O) groups excluding carboxylic acids is 2. The highest BCUT2D eigenvalue weighted by molar-refractivity contribution is 9.10. The van der Waals surface area contributed by atoms with E-state index in [1.54, 1.807) is 30.3 Å². The molecule has 0 aliphatic carbocycles. The van der Waals surface area contributed by atoms with Crippen LogP contribution in [0.5, 0.6) is 5.75 Å². The van der Waals surface area contributed by atoms with Crippen LogP contribution in [0, 0.1) is 0 Å². The average molecular weight is 425 g/mol. The first-order valence-corrected chi connectivity index (χ1v) is 9.05. The van der Waals surface area contributed by atoms with Crippen LogP contribution >= 0.6 is 15.9 Å². The molecule has 6 heteroatoms. The van der Waals surface area contributed by atoms with Crippen LogP contribution in [0.15, 0.2) is 83.3 Å². The molecule has 0 aliphatic heterocycles. The summed E-state index contributed by atoms with van der Waals surface area (Å²) < 4.78 is 6.26. The first-order chi connectivity index (χ1) is 13.1. The molecule has 0 aromatic heterocycles. The second-order valence-electron chi connectivity index (χ2n) is 5.67. The Bertz CT molecular complexity index is 931. The SMILES string of the molecule is O=C(COc1ccc(-c2ccccc2)cc1Br)NNC(=O)c1ccccc1. The Hall–Kier alpha value is -3.12.